The van der Waals surface area contributed by atoms with Crippen LogP contribution in [0.15, 0.2) is 170 Å². The summed E-state index contributed by atoms with van der Waals surface area (Å²) in [7, 11) is 0. The van der Waals surface area contributed by atoms with Crippen molar-refractivity contribution in [1.82, 2.24) is 0 Å². The molecule has 12 heteroatoms. The molecule has 0 bridgehead atoms. The Balaban J connectivity index is 0.765. The Bertz CT molecular complexity index is 2910. The molecule has 2 aliphatic rings. The van der Waals surface area contributed by atoms with Crippen molar-refractivity contribution in [3.63, 3.8) is 0 Å². The van der Waals surface area contributed by atoms with Crippen LogP contribution in [0.1, 0.15) is 83.9 Å². The van der Waals surface area contributed by atoms with E-state index >= 15 is 0 Å². The Hall–Kier alpha value is -7.35. The molecular weight excluding hydrogens is 937 g/mol. The Morgan fingerprint density at radius 2 is 0.865 bits per heavy atom. The summed E-state index contributed by atoms with van der Waals surface area (Å²) < 4.78 is 52.2. The predicted octanol–water partition coefficient (Wildman–Crippen LogP) is 10.6. The van der Waals surface area contributed by atoms with Crippen LogP contribution in [-0.2, 0) is 30.6 Å². The van der Waals surface area contributed by atoms with E-state index in [4.69, 9.17) is 42.6 Å². The van der Waals surface area contributed by atoms with Gasteiger partial charge in [0.15, 0.2) is 12.4 Å². The molecule has 2 N–H and O–H groups in total. The molecule has 2 aliphatic heterocycles. The molecule has 7 aromatic rings. The molecule has 4 unspecified atom stereocenters. The van der Waals surface area contributed by atoms with Crippen LogP contribution in [-0.4, -0.2) is 87.5 Å². The SMILES string of the molecule is CCOCOc1ccc(C(C)(C)c2ccc(OCC(O)COc3ccc(C4(c5ccc(OCC(O)COc6ccc(C(C)(C)c7ccc(OCC8CO8)cc7)cc6)cc5)OC(=O)c5ccccc54)cc3)cc2)cc1. The van der Waals surface area contributed by atoms with Crippen molar-refractivity contribution in [1.29, 1.82) is 0 Å². The zero-order chi connectivity index (χ0) is 51.7. The van der Waals surface area contributed by atoms with E-state index in [1.165, 1.54) is 0 Å². The summed E-state index contributed by atoms with van der Waals surface area (Å²) in [5.74, 6) is 3.47. The molecule has 12 nitrogen and oxygen atoms in total. The van der Waals surface area contributed by atoms with Crippen molar-refractivity contribution in [2.75, 3.05) is 53.0 Å². The van der Waals surface area contributed by atoms with Crippen molar-refractivity contribution in [2.45, 2.75) is 69.4 Å². The average Bonchev–Trinajstić information content (AvgIpc) is 4.22. The highest BCUT2D eigenvalue weighted by Gasteiger charge is 2.48. The fourth-order valence-corrected chi connectivity index (χ4v) is 9.00. The number of carbonyl (C=O) groups is 1. The summed E-state index contributed by atoms with van der Waals surface area (Å²) in [4.78, 5) is 13.4. The number of fused-ring (bicyclic) bond motifs is 1. The van der Waals surface area contributed by atoms with Crippen LogP contribution < -0.4 is 28.4 Å². The highest BCUT2D eigenvalue weighted by atomic mass is 16.7. The third kappa shape index (κ3) is 12.0. The van der Waals surface area contributed by atoms with Gasteiger partial charge in [0.2, 0.25) is 0 Å². The Labute approximate surface area is 433 Å². The maximum atomic E-state index is 13.4. The van der Waals surface area contributed by atoms with Gasteiger partial charge in [0, 0.05) is 34.1 Å². The maximum Gasteiger partial charge on any atom is 0.340 e. The minimum Gasteiger partial charge on any atom is -0.491 e. The summed E-state index contributed by atoms with van der Waals surface area (Å²) in [6.45, 7) is 12.8. The number of carbonyl (C=O) groups excluding carboxylic acids is 1. The average molecular weight is 1000 g/mol. The van der Waals surface area contributed by atoms with Crippen LogP contribution in [0.5, 0.6) is 34.5 Å². The van der Waals surface area contributed by atoms with Crippen molar-refractivity contribution in [3.05, 3.63) is 214 Å². The van der Waals surface area contributed by atoms with E-state index < -0.39 is 23.8 Å². The lowest BCUT2D eigenvalue weighted by Crippen LogP contribution is -2.29. The molecule has 7 aromatic carbocycles. The van der Waals surface area contributed by atoms with Gasteiger partial charge in [-0.1, -0.05) is 119 Å². The second-order valence-corrected chi connectivity index (χ2v) is 19.6. The van der Waals surface area contributed by atoms with Gasteiger partial charge < -0.3 is 52.8 Å². The molecule has 0 saturated carbocycles. The lowest BCUT2D eigenvalue weighted by Gasteiger charge is -2.30. The highest BCUT2D eigenvalue weighted by Crippen LogP contribution is 2.47. The number of aliphatic hydroxyl groups is 2. The van der Waals surface area contributed by atoms with Gasteiger partial charge in [-0.05, 0) is 108 Å². The summed E-state index contributed by atoms with van der Waals surface area (Å²) in [6, 6.07) is 53.9. The predicted molar refractivity (Wildman–Crippen MR) is 281 cm³/mol. The molecule has 2 heterocycles. The van der Waals surface area contributed by atoms with Gasteiger partial charge in [-0.15, -0.1) is 0 Å². The monoisotopic (exact) mass is 1000 g/mol. The molecule has 0 aliphatic carbocycles. The van der Waals surface area contributed by atoms with Gasteiger partial charge in [-0.3, -0.25) is 0 Å². The number of rotatable bonds is 25. The van der Waals surface area contributed by atoms with E-state index in [-0.39, 0.29) is 50.2 Å². The molecule has 0 radical (unpaired) electrons. The fraction of sp³-hybridized carbons (Fsp3) is 0.306. The van der Waals surface area contributed by atoms with E-state index in [2.05, 4.69) is 52.0 Å². The number of aliphatic hydroxyl groups excluding tert-OH is 2. The highest BCUT2D eigenvalue weighted by molar-refractivity contribution is 5.96. The number of epoxide rings is 1. The standard InChI is InChI=1S/C62H64O12/c1-6-66-41-73-55-29-17-45(18-30-55)61(4,5)43-13-25-51(26-14-43)68-36-49(64)38-70-53-33-21-47(22-34-53)62(58-10-8-7-9-57(58)59(65)74-62)46-19-31-52(32-20-46)69-37-48(63)35-67-50-23-11-42(12-24-50)60(2,3)44-15-27-54(28-16-44)71-39-56-40-72-56/h7-34,48-49,56,63-64H,6,35-41H2,1-5H3. The third-order valence-electron chi connectivity index (χ3n) is 13.7. The van der Waals surface area contributed by atoms with Gasteiger partial charge in [-0.2, -0.15) is 0 Å². The quantitative estimate of drug-likeness (QED) is 0.0243. The molecule has 0 aromatic heterocycles. The molecule has 1 saturated heterocycles. The van der Waals surface area contributed by atoms with Gasteiger partial charge in [-0.25, -0.2) is 4.79 Å². The van der Waals surface area contributed by atoms with Crippen LogP contribution in [0.2, 0.25) is 0 Å². The first-order valence-corrected chi connectivity index (χ1v) is 25.1. The first-order valence-electron chi connectivity index (χ1n) is 25.1. The smallest absolute Gasteiger partial charge is 0.340 e. The normalized spacial score (nSPS) is 16.9. The minimum atomic E-state index is -1.25. The van der Waals surface area contributed by atoms with Crippen molar-refractivity contribution >= 4 is 5.97 Å². The van der Waals surface area contributed by atoms with Gasteiger partial charge >= 0.3 is 5.97 Å². The van der Waals surface area contributed by atoms with E-state index in [1.54, 1.807) is 30.3 Å². The number of hydrogen-bond acceptors (Lipinski definition) is 12. The molecular formula is C62H64O12. The number of cyclic esters (lactones) is 1. The van der Waals surface area contributed by atoms with Crippen LogP contribution in [0.4, 0.5) is 0 Å². The maximum absolute atomic E-state index is 13.4. The number of esters is 1. The lowest BCUT2D eigenvalue weighted by molar-refractivity contribution is 0.0223. The minimum absolute atomic E-state index is 0.00169. The zero-order valence-corrected chi connectivity index (χ0v) is 42.5. The first kappa shape index (κ1) is 51.5. The van der Waals surface area contributed by atoms with Gasteiger partial charge in [0.25, 0.3) is 0 Å². The van der Waals surface area contributed by atoms with Gasteiger partial charge in [0.1, 0.15) is 85.8 Å². The summed E-state index contributed by atoms with van der Waals surface area (Å²) in [5.41, 5.74) is 5.36. The van der Waals surface area contributed by atoms with Crippen molar-refractivity contribution in [2.24, 2.45) is 0 Å². The van der Waals surface area contributed by atoms with Gasteiger partial charge in [0.05, 0.1) is 12.2 Å². The van der Waals surface area contributed by atoms with Crippen molar-refractivity contribution in [3.8, 4) is 34.5 Å². The Morgan fingerprint density at radius 1 is 0.514 bits per heavy atom. The molecule has 0 amide bonds. The van der Waals surface area contributed by atoms with Crippen LogP contribution >= 0.6 is 0 Å². The second-order valence-electron chi connectivity index (χ2n) is 19.6. The van der Waals surface area contributed by atoms with Crippen LogP contribution in [0, 0.1) is 0 Å². The number of ether oxygens (including phenoxy) is 9. The molecule has 4 atom stereocenters. The second kappa shape index (κ2) is 22.8. The summed E-state index contributed by atoms with van der Waals surface area (Å²) in [5, 5.41) is 21.7. The van der Waals surface area contributed by atoms with E-state index in [1.807, 2.05) is 122 Å². The lowest BCUT2D eigenvalue weighted by atomic mass is 9.78. The van der Waals surface area contributed by atoms with Crippen LogP contribution in [0.3, 0.4) is 0 Å². The fourth-order valence-electron chi connectivity index (χ4n) is 9.00. The third-order valence-corrected chi connectivity index (χ3v) is 13.7. The molecule has 0 spiro atoms. The summed E-state index contributed by atoms with van der Waals surface area (Å²) >= 11 is 0. The number of benzene rings is 7. The van der Waals surface area contributed by atoms with E-state index in [9.17, 15) is 15.0 Å². The first-order chi connectivity index (χ1) is 35.8. The van der Waals surface area contributed by atoms with Crippen molar-refractivity contribution < 1.29 is 57.6 Å². The number of hydrogen-bond donors (Lipinski definition) is 2. The molecule has 1 fully saturated rings. The molecule has 384 valence electrons. The van der Waals surface area contributed by atoms with Crippen LogP contribution in [0.25, 0.3) is 0 Å². The Kier molecular flexibility index (Phi) is 15.9. The largest absolute Gasteiger partial charge is 0.491 e. The molecule has 74 heavy (non-hydrogen) atoms. The van der Waals surface area contributed by atoms with E-state index in [0.29, 0.717) is 58.5 Å². The summed E-state index contributed by atoms with van der Waals surface area (Å²) in [6.07, 6.45) is -1.60. The zero-order valence-electron chi connectivity index (χ0n) is 42.5. The van der Waals surface area contributed by atoms with E-state index in [0.717, 1.165) is 40.4 Å². The molecule has 9 rings (SSSR count). The topological polar surface area (TPSA) is 144 Å². The Morgan fingerprint density at radius 3 is 1.24 bits per heavy atom.